The van der Waals surface area contributed by atoms with Gasteiger partial charge in [0.1, 0.15) is 0 Å². The molecule has 0 atom stereocenters. The summed E-state index contributed by atoms with van der Waals surface area (Å²) >= 11 is 0. The zero-order valence-corrected chi connectivity index (χ0v) is 21.9. The number of carbonyl (C=O) groups is 1. The Balaban J connectivity index is 1.66. The zero-order chi connectivity index (χ0) is 28.0. The zero-order valence-electron chi connectivity index (χ0n) is 21.1. The van der Waals surface area contributed by atoms with Gasteiger partial charge >= 0.3 is 11.3 Å². The maximum absolute atomic E-state index is 13.4. The quantitative estimate of drug-likeness (QED) is 0.180. The van der Waals surface area contributed by atoms with Crippen LogP contribution in [-0.4, -0.2) is 48.0 Å². The van der Waals surface area contributed by atoms with Crippen molar-refractivity contribution in [2.75, 3.05) is 23.7 Å². The van der Waals surface area contributed by atoms with E-state index in [2.05, 4.69) is 0 Å². The van der Waals surface area contributed by atoms with E-state index in [0.29, 0.717) is 24.2 Å². The maximum Gasteiger partial charge on any atom is 0.303 e. The fourth-order valence-electron chi connectivity index (χ4n) is 4.49. The Hall–Kier alpha value is -4.28. The number of aliphatic carboxylic acids is 1. The van der Waals surface area contributed by atoms with Gasteiger partial charge in [0.15, 0.2) is 0 Å². The van der Waals surface area contributed by atoms with Crippen LogP contribution in [0.5, 0.6) is 5.75 Å². The predicted octanol–water partition coefficient (Wildman–Crippen LogP) is 3.68. The second kappa shape index (κ2) is 12.1. The normalized spacial score (nSPS) is 11.4. The molecule has 202 valence electrons. The van der Waals surface area contributed by atoms with Gasteiger partial charge in [0.05, 0.1) is 11.3 Å². The Morgan fingerprint density at radius 1 is 0.821 bits per heavy atom. The van der Waals surface area contributed by atoms with E-state index in [0.717, 1.165) is 11.4 Å². The third-order valence-electron chi connectivity index (χ3n) is 6.33. The number of hydrogen-bond donors (Lipinski definition) is 3. The topological polar surface area (TPSA) is 135 Å². The van der Waals surface area contributed by atoms with Gasteiger partial charge in [-0.15, -0.1) is 4.58 Å². The van der Waals surface area contributed by atoms with Gasteiger partial charge in [-0.2, -0.15) is 8.42 Å². The fourth-order valence-corrected chi connectivity index (χ4v) is 4.99. The number of carboxylic acids is 1. The molecule has 0 aliphatic rings. The summed E-state index contributed by atoms with van der Waals surface area (Å²) in [5.41, 5.74) is 2.57. The Bertz CT molecular complexity index is 1580. The van der Waals surface area contributed by atoms with Crippen molar-refractivity contribution in [3.05, 3.63) is 101 Å². The predicted molar refractivity (Wildman–Crippen MR) is 150 cm³/mol. The first-order valence-electron chi connectivity index (χ1n) is 12.4. The Kier molecular flexibility index (Phi) is 8.58. The molecule has 0 bridgehead atoms. The molecule has 39 heavy (non-hydrogen) atoms. The highest BCUT2D eigenvalue weighted by atomic mass is 32.2. The van der Waals surface area contributed by atoms with Crippen LogP contribution in [0.1, 0.15) is 19.3 Å². The van der Waals surface area contributed by atoms with Gasteiger partial charge in [0.25, 0.3) is 15.5 Å². The molecule has 0 heterocycles. The molecule has 9 nitrogen and oxygen atoms in total. The minimum absolute atomic E-state index is 0.0416. The van der Waals surface area contributed by atoms with Crippen LogP contribution in [0.3, 0.4) is 0 Å². The van der Waals surface area contributed by atoms with E-state index in [1.165, 1.54) is 0 Å². The summed E-state index contributed by atoms with van der Waals surface area (Å²) in [6.07, 6.45) is 0.464. The van der Waals surface area contributed by atoms with Crippen molar-refractivity contribution in [3.63, 3.8) is 0 Å². The number of hydrogen-bond acceptors (Lipinski definition) is 6. The van der Waals surface area contributed by atoms with E-state index in [1.54, 1.807) is 28.8 Å². The summed E-state index contributed by atoms with van der Waals surface area (Å²) in [6, 6.07) is 25.4. The Labute approximate surface area is 226 Å². The van der Waals surface area contributed by atoms with Crippen molar-refractivity contribution < 1.29 is 28.0 Å². The highest BCUT2D eigenvalue weighted by Gasteiger charge is 2.29. The summed E-state index contributed by atoms with van der Waals surface area (Å²) in [5, 5.41) is 20.2. The van der Waals surface area contributed by atoms with Gasteiger partial charge < -0.3 is 15.1 Å². The molecule has 4 rings (SSSR count). The SMILES string of the molecule is O=C(O)CCCN(CCCS(=O)(=O)O)c1ccc(-c2c(O)c(=[N+](c3ccccc3)c3ccccc3)c2=O)cc1. The molecule has 0 saturated heterocycles. The molecule has 0 aliphatic carbocycles. The molecule has 4 aromatic rings. The molecule has 0 amide bonds. The van der Waals surface area contributed by atoms with E-state index < -0.39 is 21.8 Å². The molecule has 4 aromatic carbocycles. The van der Waals surface area contributed by atoms with Crippen molar-refractivity contribution in [1.82, 2.24) is 4.58 Å². The maximum atomic E-state index is 13.4. The van der Waals surface area contributed by atoms with Crippen molar-refractivity contribution in [2.45, 2.75) is 19.3 Å². The third kappa shape index (κ3) is 6.78. The molecule has 0 spiro atoms. The van der Waals surface area contributed by atoms with Crippen LogP contribution < -0.4 is 20.3 Å². The smallest absolute Gasteiger partial charge is 0.303 e. The number of nitrogens with zero attached hydrogens (tertiary/aromatic N) is 2. The fraction of sp³-hybridized carbons (Fsp3) is 0.207. The lowest BCUT2D eigenvalue weighted by Crippen LogP contribution is -2.41. The van der Waals surface area contributed by atoms with Crippen molar-refractivity contribution in [3.8, 4) is 16.9 Å². The van der Waals surface area contributed by atoms with E-state index in [-0.39, 0.29) is 41.5 Å². The lowest BCUT2D eigenvalue weighted by molar-refractivity contribution is -0.137. The van der Waals surface area contributed by atoms with Crippen LogP contribution >= 0.6 is 0 Å². The van der Waals surface area contributed by atoms with Crippen LogP contribution in [-0.2, 0) is 14.9 Å². The molecule has 0 aliphatic heterocycles. The van der Waals surface area contributed by atoms with Crippen molar-refractivity contribution in [2.24, 2.45) is 0 Å². The average Bonchev–Trinajstić information content (AvgIpc) is 2.91. The summed E-state index contributed by atoms with van der Waals surface area (Å²) in [4.78, 5) is 26.2. The highest BCUT2D eigenvalue weighted by Crippen LogP contribution is 2.29. The molecule has 3 N–H and O–H groups in total. The second-order valence-electron chi connectivity index (χ2n) is 9.08. The number of carboxylic acid groups (broad SMARTS) is 1. The molecule has 0 fully saturated rings. The first-order chi connectivity index (χ1) is 18.7. The number of aromatic hydroxyl groups is 1. The van der Waals surface area contributed by atoms with E-state index in [1.807, 2.05) is 65.6 Å². The Morgan fingerprint density at radius 2 is 1.36 bits per heavy atom. The molecule has 0 radical (unpaired) electrons. The lowest BCUT2D eigenvalue weighted by Gasteiger charge is -2.25. The van der Waals surface area contributed by atoms with Crippen LogP contribution in [0.4, 0.5) is 17.1 Å². The monoisotopic (exact) mass is 549 g/mol. The standard InChI is InChI=1S/C29H28N2O7S/c32-25(33)13-7-18-30(19-8-20-39(36,37)38)22-16-14-21(15-17-22)26-28(34)27(29(26)35)31(23-9-3-1-4-10-23)24-11-5-2-6-12-24/h1-6,9-12,14-17H,7-8,13,18-20H2,(H2-,32,33,34,35,36,37,38)/p+1. The largest absolute Gasteiger partial charge is 0.502 e. The first-order valence-corrected chi connectivity index (χ1v) is 14.0. The minimum Gasteiger partial charge on any atom is -0.502 e. The van der Waals surface area contributed by atoms with Gasteiger partial charge in [-0.25, -0.2) is 0 Å². The van der Waals surface area contributed by atoms with Crippen LogP contribution in [0.15, 0.2) is 89.7 Å². The highest BCUT2D eigenvalue weighted by molar-refractivity contribution is 7.85. The number of rotatable bonds is 12. The number of benzene rings is 3. The molecule has 0 aromatic heterocycles. The van der Waals surface area contributed by atoms with Gasteiger partial charge in [-0.1, -0.05) is 48.5 Å². The number of anilines is 1. The van der Waals surface area contributed by atoms with Crippen LogP contribution in [0.2, 0.25) is 0 Å². The summed E-state index contributed by atoms with van der Waals surface area (Å²) in [5.74, 6) is -1.46. The number of para-hydroxylation sites is 2. The van der Waals surface area contributed by atoms with Crippen molar-refractivity contribution >= 4 is 33.1 Å². The summed E-state index contributed by atoms with van der Waals surface area (Å²) in [7, 11) is -4.11. The summed E-state index contributed by atoms with van der Waals surface area (Å²) < 4.78 is 33.0. The Morgan fingerprint density at radius 3 is 1.85 bits per heavy atom. The van der Waals surface area contributed by atoms with Crippen molar-refractivity contribution in [1.29, 1.82) is 0 Å². The first kappa shape index (κ1) is 27.7. The molecule has 10 heteroatoms. The third-order valence-corrected chi connectivity index (χ3v) is 7.13. The molecular weight excluding hydrogens is 520 g/mol. The lowest BCUT2D eigenvalue weighted by atomic mass is 9.98. The van der Waals surface area contributed by atoms with Crippen LogP contribution in [0, 0.1) is 0 Å². The average molecular weight is 550 g/mol. The molecular formula is C29H29N2O7S+. The van der Waals surface area contributed by atoms with E-state index >= 15 is 0 Å². The molecule has 0 unspecified atom stereocenters. The molecule has 0 saturated carbocycles. The van der Waals surface area contributed by atoms with Gasteiger partial charge in [0.2, 0.25) is 17.1 Å². The second-order valence-corrected chi connectivity index (χ2v) is 10.7. The van der Waals surface area contributed by atoms with E-state index in [9.17, 15) is 23.1 Å². The van der Waals surface area contributed by atoms with Gasteiger partial charge in [-0.05, 0) is 30.5 Å². The van der Waals surface area contributed by atoms with E-state index in [4.69, 9.17) is 9.66 Å². The minimum atomic E-state index is -4.11. The van der Waals surface area contributed by atoms with Crippen LogP contribution in [0.25, 0.3) is 11.1 Å². The van der Waals surface area contributed by atoms with Gasteiger partial charge in [0, 0.05) is 49.5 Å². The summed E-state index contributed by atoms with van der Waals surface area (Å²) in [6.45, 7) is 0.651. The van der Waals surface area contributed by atoms with Gasteiger partial charge in [-0.3, -0.25) is 14.1 Å².